The fourth-order valence-electron chi connectivity index (χ4n) is 3.28. The van der Waals surface area contributed by atoms with E-state index in [0.29, 0.717) is 17.3 Å². The van der Waals surface area contributed by atoms with Crippen molar-refractivity contribution >= 4 is 16.7 Å². The highest BCUT2D eigenvalue weighted by Crippen LogP contribution is 2.23. The second kappa shape index (κ2) is 8.33. The molecule has 0 unspecified atom stereocenters. The van der Waals surface area contributed by atoms with Crippen molar-refractivity contribution in [1.82, 2.24) is 15.1 Å². The van der Waals surface area contributed by atoms with Crippen LogP contribution in [0.5, 0.6) is 0 Å². The Hall–Kier alpha value is -3.02. The number of hydrogen-bond acceptors (Lipinski definition) is 3. The van der Waals surface area contributed by atoms with Crippen molar-refractivity contribution in [2.24, 2.45) is 5.92 Å². The zero-order chi connectivity index (χ0) is 20.3. The SMILES string of the molecule is CCCn1nc(C(=O)N[C@H](c2ccc(F)cc2)C(C)C)c2ccccc2c1=O. The molecule has 146 valence electrons. The molecule has 0 aliphatic carbocycles. The smallest absolute Gasteiger partial charge is 0.274 e. The highest BCUT2D eigenvalue weighted by atomic mass is 19.1. The highest BCUT2D eigenvalue weighted by Gasteiger charge is 2.22. The van der Waals surface area contributed by atoms with Gasteiger partial charge < -0.3 is 5.32 Å². The monoisotopic (exact) mass is 381 g/mol. The van der Waals surface area contributed by atoms with Gasteiger partial charge in [-0.25, -0.2) is 9.07 Å². The van der Waals surface area contributed by atoms with E-state index in [0.717, 1.165) is 12.0 Å². The Morgan fingerprint density at radius 3 is 2.36 bits per heavy atom. The first-order chi connectivity index (χ1) is 13.4. The Bertz CT molecular complexity index is 1040. The average molecular weight is 381 g/mol. The number of amides is 1. The molecule has 2 aromatic carbocycles. The summed E-state index contributed by atoms with van der Waals surface area (Å²) in [5, 5.41) is 8.35. The Morgan fingerprint density at radius 1 is 1.11 bits per heavy atom. The molecule has 0 saturated heterocycles. The lowest BCUT2D eigenvalue weighted by molar-refractivity contribution is 0.0920. The first kappa shape index (κ1) is 19.7. The van der Waals surface area contributed by atoms with Gasteiger partial charge in [-0.1, -0.05) is 51.1 Å². The normalized spacial score (nSPS) is 12.3. The van der Waals surface area contributed by atoms with E-state index >= 15 is 0 Å². The number of carbonyl (C=O) groups excluding carboxylic acids is 1. The van der Waals surface area contributed by atoms with Crippen LogP contribution in [0.3, 0.4) is 0 Å². The summed E-state index contributed by atoms with van der Waals surface area (Å²) in [4.78, 5) is 25.7. The maximum absolute atomic E-state index is 13.3. The van der Waals surface area contributed by atoms with Crippen LogP contribution in [0, 0.1) is 11.7 Å². The highest BCUT2D eigenvalue weighted by molar-refractivity contribution is 6.04. The van der Waals surface area contributed by atoms with Gasteiger partial charge >= 0.3 is 0 Å². The van der Waals surface area contributed by atoms with Gasteiger partial charge in [-0.3, -0.25) is 9.59 Å². The van der Waals surface area contributed by atoms with Gasteiger partial charge in [0.1, 0.15) is 5.82 Å². The van der Waals surface area contributed by atoms with Crippen LogP contribution in [0.25, 0.3) is 10.8 Å². The van der Waals surface area contributed by atoms with Gasteiger partial charge in [0.05, 0.1) is 11.4 Å². The molecular weight excluding hydrogens is 357 g/mol. The first-order valence-electron chi connectivity index (χ1n) is 9.48. The summed E-state index contributed by atoms with van der Waals surface area (Å²) in [6, 6.07) is 12.8. The molecule has 1 aromatic heterocycles. The first-order valence-corrected chi connectivity index (χ1v) is 9.48. The lowest BCUT2D eigenvalue weighted by Crippen LogP contribution is -2.35. The van der Waals surface area contributed by atoms with Crippen molar-refractivity contribution in [3.8, 4) is 0 Å². The third-order valence-electron chi connectivity index (χ3n) is 4.70. The number of fused-ring (bicyclic) bond motifs is 1. The maximum atomic E-state index is 13.3. The van der Waals surface area contributed by atoms with E-state index < -0.39 is 0 Å². The van der Waals surface area contributed by atoms with Gasteiger partial charge in [0.2, 0.25) is 0 Å². The summed E-state index contributed by atoms with van der Waals surface area (Å²) in [5.74, 6) is -0.594. The Balaban J connectivity index is 2.03. The van der Waals surface area contributed by atoms with Crippen LogP contribution in [0.2, 0.25) is 0 Å². The van der Waals surface area contributed by atoms with Crippen molar-refractivity contribution < 1.29 is 9.18 Å². The van der Waals surface area contributed by atoms with E-state index in [2.05, 4.69) is 10.4 Å². The number of halogens is 1. The molecule has 5 nitrogen and oxygen atoms in total. The second-order valence-corrected chi connectivity index (χ2v) is 7.17. The fourth-order valence-corrected chi connectivity index (χ4v) is 3.28. The minimum Gasteiger partial charge on any atom is -0.344 e. The molecule has 1 amide bonds. The van der Waals surface area contributed by atoms with E-state index in [-0.39, 0.29) is 34.9 Å². The number of rotatable bonds is 6. The van der Waals surface area contributed by atoms with Crippen LogP contribution in [0.15, 0.2) is 53.3 Å². The zero-order valence-electron chi connectivity index (χ0n) is 16.3. The van der Waals surface area contributed by atoms with E-state index in [4.69, 9.17) is 0 Å². The fraction of sp³-hybridized carbons (Fsp3) is 0.318. The van der Waals surface area contributed by atoms with Gasteiger partial charge in [0, 0.05) is 11.9 Å². The second-order valence-electron chi connectivity index (χ2n) is 7.17. The molecule has 0 saturated carbocycles. The predicted octanol–water partition coefficient (Wildman–Crippen LogP) is 4.07. The number of nitrogens with one attached hydrogen (secondary N) is 1. The van der Waals surface area contributed by atoms with Crippen LogP contribution in [0.4, 0.5) is 4.39 Å². The molecule has 0 aliphatic heterocycles. The molecule has 1 N–H and O–H groups in total. The molecule has 6 heteroatoms. The lowest BCUT2D eigenvalue weighted by atomic mass is 9.95. The van der Waals surface area contributed by atoms with Gasteiger partial charge in [-0.2, -0.15) is 5.10 Å². The zero-order valence-corrected chi connectivity index (χ0v) is 16.3. The van der Waals surface area contributed by atoms with Crippen LogP contribution < -0.4 is 10.9 Å². The standard InChI is InChI=1S/C22H24FN3O2/c1-4-13-26-22(28)18-8-6-5-7-17(18)20(25-26)21(27)24-19(14(2)3)15-9-11-16(23)12-10-15/h5-12,14,19H,4,13H2,1-3H3,(H,24,27)/t19-/m0/s1. The summed E-state index contributed by atoms with van der Waals surface area (Å²) >= 11 is 0. The third-order valence-corrected chi connectivity index (χ3v) is 4.70. The molecule has 0 aliphatic rings. The van der Waals surface area contributed by atoms with E-state index in [1.54, 1.807) is 36.4 Å². The number of benzene rings is 2. The van der Waals surface area contributed by atoms with Gasteiger partial charge in [-0.15, -0.1) is 0 Å². The van der Waals surface area contributed by atoms with Crippen LogP contribution in [0.1, 0.15) is 49.3 Å². The number of hydrogen-bond donors (Lipinski definition) is 1. The number of nitrogens with zero attached hydrogens (tertiary/aromatic N) is 2. The van der Waals surface area contributed by atoms with Gasteiger partial charge in [0.15, 0.2) is 5.69 Å². The molecule has 0 radical (unpaired) electrons. The van der Waals surface area contributed by atoms with E-state index in [1.807, 2.05) is 20.8 Å². The van der Waals surface area contributed by atoms with Gasteiger partial charge in [0.25, 0.3) is 11.5 Å². The largest absolute Gasteiger partial charge is 0.344 e. The van der Waals surface area contributed by atoms with E-state index in [1.165, 1.54) is 16.8 Å². The summed E-state index contributed by atoms with van der Waals surface area (Å²) in [5.41, 5.74) is 0.834. The summed E-state index contributed by atoms with van der Waals surface area (Å²) < 4.78 is 14.6. The molecule has 28 heavy (non-hydrogen) atoms. The van der Waals surface area contributed by atoms with Gasteiger partial charge in [-0.05, 0) is 36.1 Å². The van der Waals surface area contributed by atoms with Crippen LogP contribution >= 0.6 is 0 Å². The maximum Gasteiger partial charge on any atom is 0.274 e. The molecule has 1 heterocycles. The van der Waals surface area contributed by atoms with Crippen molar-refractivity contribution in [3.05, 3.63) is 76.0 Å². The molecule has 0 fully saturated rings. The quantitative estimate of drug-likeness (QED) is 0.700. The topological polar surface area (TPSA) is 64.0 Å². The Morgan fingerprint density at radius 2 is 1.75 bits per heavy atom. The predicted molar refractivity (Wildman–Crippen MR) is 108 cm³/mol. The third kappa shape index (κ3) is 3.96. The molecule has 3 rings (SSSR count). The average Bonchev–Trinajstić information content (AvgIpc) is 2.69. The van der Waals surface area contributed by atoms with Crippen molar-refractivity contribution in [3.63, 3.8) is 0 Å². The number of aryl methyl sites for hydroxylation is 1. The lowest BCUT2D eigenvalue weighted by Gasteiger charge is -2.23. The molecular formula is C22H24FN3O2. The number of carbonyl (C=O) groups is 1. The number of aromatic nitrogens is 2. The van der Waals surface area contributed by atoms with E-state index in [9.17, 15) is 14.0 Å². The summed E-state index contributed by atoms with van der Waals surface area (Å²) in [6.07, 6.45) is 0.733. The van der Waals surface area contributed by atoms with Crippen molar-refractivity contribution in [1.29, 1.82) is 0 Å². The molecule has 1 atom stereocenters. The molecule has 3 aromatic rings. The Labute approximate surface area is 163 Å². The molecule has 0 spiro atoms. The Kier molecular flexibility index (Phi) is 5.87. The minimum absolute atomic E-state index is 0.0854. The van der Waals surface area contributed by atoms with Crippen LogP contribution in [-0.4, -0.2) is 15.7 Å². The molecule has 0 bridgehead atoms. The summed E-state index contributed by atoms with van der Waals surface area (Å²) in [7, 11) is 0. The van der Waals surface area contributed by atoms with Crippen molar-refractivity contribution in [2.75, 3.05) is 0 Å². The summed E-state index contributed by atoms with van der Waals surface area (Å²) in [6.45, 7) is 6.36. The minimum atomic E-state index is -0.357. The van der Waals surface area contributed by atoms with Crippen LogP contribution in [-0.2, 0) is 6.54 Å². The van der Waals surface area contributed by atoms with Crippen molar-refractivity contribution in [2.45, 2.75) is 39.8 Å².